The number of fused-ring (bicyclic) bond motifs is 1. The number of aromatic nitrogens is 2. The fraction of sp³-hybridized carbons (Fsp3) is 0.308. The number of aryl methyl sites for hydroxylation is 2. The Morgan fingerprint density at radius 3 is 2.24 bits per heavy atom. The fourth-order valence-electron chi connectivity index (χ4n) is 1.81. The lowest BCUT2D eigenvalue weighted by atomic mass is 10.1. The van der Waals surface area contributed by atoms with Crippen LogP contribution in [-0.2, 0) is 0 Å². The first-order valence-electron chi connectivity index (χ1n) is 5.46. The van der Waals surface area contributed by atoms with Gasteiger partial charge in [0.1, 0.15) is 0 Å². The summed E-state index contributed by atoms with van der Waals surface area (Å²) in [5.74, 6) is 0.000709. The van der Waals surface area contributed by atoms with Gasteiger partial charge in [0.15, 0.2) is 0 Å². The van der Waals surface area contributed by atoms with E-state index in [0.29, 0.717) is 5.56 Å². The third-order valence-electron chi connectivity index (χ3n) is 2.80. The minimum atomic E-state index is 0.000709. The molecule has 0 saturated heterocycles. The van der Waals surface area contributed by atoms with Gasteiger partial charge in [-0.3, -0.25) is 4.79 Å². The monoisotopic (exact) mass is 229 g/mol. The molecule has 0 unspecified atom stereocenters. The Bertz CT molecular complexity index is 590. The minimum Gasteiger partial charge on any atom is -0.345 e. The maximum Gasteiger partial charge on any atom is 0.253 e. The van der Waals surface area contributed by atoms with E-state index in [1.54, 1.807) is 19.0 Å². The van der Waals surface area contributed by atoms with Crippen molar-refractivity contribution in [2.24, 2.45) is 0 Å². The van der Waals surface area contributed by atoms with Crippen molar-refractivity contribution in [2.45, 2.75) is 13.8 Å². The number of carbonyl (C=O) groups excluding carboxylic acids is 1. The third kappa shape index (κ3) is 1.98. The topological polar surface area (TPSA) is 46.1 Å². The van der Waals surface area contributed by atoms with Crippen LogP contribution in [0, 0.1) is 13.8 Å². The van der Waals surface area contributed by atoms with Gasteiger partial charge >= 0.3 is 0 Å². The van der Waals surface area contributed by atoms with E-state index in [-0.39, 0.29) is 5.91 Å². The predicted molar refractivity (Wildman–Crippen MR) is 67.0 cm³/mol. The molecule has 0 aliphatic heterocycles. The van der Waals surface area contributed by atoms with Gasteiger partial charge in [0.05, 0.1) is 11.4 Å². The van der Waals surface area contributed by atoms with Gasteiger partial charge in [-0.25, -0.2) is 0 Å². The summed E-state index contributed by atoms with van der Waals surface area (Å²) in [6.45, 7) is 3.82. The molecule has 0 N–H and O–H groups in total. The number of carbonyl (C=O) groups is 1. The maximum atomic E-state index is 11.9. The van der Waals surface area contributed by atoms with E-state index in [9.17, 15) is 4.79 Å². The van der Waals surface area contributed by atoms with Crippen LogP contribution in [0.4, 0.5) is 0 Å². The number of nitrogens with zero attached hydrogens (tertiary/aromatic N) is 3. The Kier molecular flexibility index (Phi) is 2.79. The van der Waals surface area contributed by atoms with Crippen LogP contribution in [0.2, 0.25) is 0 Å². The molecule has 2 rings (SSSR count). The van der Waals surface area contributed by atoms with Gasteiger partial charge in [0.25, 0.3) is 5.91 Å². The second-order valence-corrected chi connectivity index (χ2v) is 4.33. The van der Waals surface area contributed by atoms with Gasteiger partial charge in [0, 0.05) is 30.4 Å². The SMILES string of the molecule is Cc1nnc(C)c2cc(C(=O)N(C)C)ccc12. The zero-order valence-electron chi connectivity index (χ0n) is 10.5. The summed E-state index contributed by atoms with van der Waals surface area (Å²) >= 11 is 0. The van der Waals surface area contributed by atoms with Gasteiger partial charge in [0.2, 0.25) is 0 Å². The molecule has 0 saturated carbocycles. The van der Waals surface area contributed by atoms with Crippen molar-refractivity contribution < 1.29 is 4.79 Å². The van der Waals surface area contributed by atoms with Crippen molar-refractivity contribution in [3.63, 3.8) is 0 Å². The fourth-order valence-corrected chi connectivity index (χ4v) is 1.81. The van der Waals surface area contributed by atoms with Crippen molar-refractivity contribution in [3.05, 3.63) is 35.2 Å². The third-order valence-corrected chi connectivity index (χ3v) is 2.80. The van der Waals surface area contributed by atoms with Crippen LogP contribution in [0.5, 0.6) is 0 Å². The number of amides is 1. The number of hydrogen-bond donors (Lipinski definition) is 0. The van der Waals surface area contributed by atoms with Crippen LogP contribution in [-0.4, -0.2) is 35.1 Å². The van der Waals surface area contributed by atoms with Gasteiger partial charge in [-0.1, -0.05) is 6.07 Å². The van der Waals surface area contributed by atoms with E-state index in [2.05, 4.69) is 10.2 Å². The molecule has 4 nitrogen and oxygen atoms in total. The van der Waals surface area contributed by atoms with Crippen molar-refractivity contribution in [3.8, 4) is 0 Å². The number of hydrogen-bond acceptors (Lipinski definition) is 3. The summed E-state index contributed by atoms with van der Waals surface area (Å²) in [5.41, 5.74) is 2.41. The Morgan fingerprint density at radius 1 is 1.06 bits per heavy atom. The van der Waals surface area contributed by atoms with Gasteiger partial charge in [-0.05, 0) is 26.0 Å². The number of rotatable bonds is 1. The first-order valence-corrected chi connectivity index (χ1v) is 5.46. The van der Waals surface area contributed by atoms with Crippen molar-refractivity contribution in [1.29, 1.82) is 0 Å². The molecule has 1 aromatic carbocycles. The summed E-state index contributed by atoms with van der Waals surface area (Å²) < 4.78 is 0. The first-order chi connectivity index (χ1) is 8.00. The van der Waals surface area contributed by atoms with Gasteiger partial charge in [-0.15, -0.1) is 0 Å². The zero-order chi connectivity index (χ0) is 12.6. The molecule has 88 valence electrons. The summed E-state index contributed by atoms with van der Waals surface area (Å²) in [7, 11) is 3.49. The molecule has 1 heterocycles. The van der Waals surface area contributed by atoms with E-state index in [0.717, 1.165) is 22.2 Å². The summed E-state index contributed by atoms with van der Waals surface area (Å²) in [5, 5.41) is 10.2. The highest BCUT2D eigenvalue weighted by molar-refractivity contribution is 5.99. The molecule has 0 aliphatic rings. The Morgan fingerprint density at radius 2 is 1.65 bits per heavy atom. The smallest absolute Gasteiger partial charge is 0.253 e. The van der Waals surface area contributed by atoms with Crippen molar-refractivity contribution in [2.75, 3.05) is 14.1 Å². The second-order valence-electron chi connectivity index (χ2n) is 4.33. The molecule has 0 aliphatic carbocycles. The normalized spacial score (nSPS) is 10.6. The Labute approximate surface area is 100 Å². The molecular weight excluding hydrogens is 214 g/mol. The lowest BCUT2D eigenvalue weighted by Crippen LogP contribution is -2.21. The highest BCUT2D eigenvalue weighted by Gasteiger charge is 2.10. The molecule has 1 amide bonds. The maximum absolute atomic E-state index is 11.9. The Hall–Kier alpha value is -1.97. The molecule has 0 radical (unpaired) electrons. The first kappa shape index (κ1) is 11.5. The predicted octanol–water partition coefficient (Wildman–Crippen LogP) is 1.95. The van der Waals surface area contributed by atoms with Gasteiger partial charge < -0.3 is 4.90 Å². The molecule has 0 atom stereocenters. The van der Waals surface area contributed by atoms with E-state index in [4.69, 9.17) is 0 Å². The molecule has 2 aromatic rings. The zero-order valence-corrected chi connectivity index (χ0v) is 10.5. The van der Waals surface area contributed by atoms with E-state index in [1.807, 2.05) is 32.0 Å². The summed E-state index contributed by atoms with van der Waals surface area (Å²) in [6, 6.07) is 5.65. The van der Waals surface area contributed by atoms with Crippen LogP contribution >= 0.6 is 0 Å². The number of benzene rings is 1. The van der Waals surface area contributed by atoms with Crippen molar-refractivity contribution in [1.82, 2.24) is 15.1 Å². The average molecular weight is 229 g/mol. The van der Waals surface area contributed by atoms with E-state index >= 15 is 0 Å². The van der Waals surface area contributed by atoms with E-state index < -0.39 is 0 Å². The average Bonchev–Trinajstić information content (AvgIpc) is 2.32. The minimum absolute atomic E-state index is 0.000709. The lowest BCUT2D eigenvalue weighted by Gasteiger charge is -2.11. The standard InChI is InChI=1S/C13H15N3O/c1-8-11-6-5-10(13(17)16(3)4)7-12(11)9(2)15-14-8/h5-7H,1-4H3. The lowest BCUT2D eigenvalue weighted by molar-refractivity contribution is 0.0828. The Balaban J connectivity index is 2.66. The quantitative estimate of drug-likeness (QED) is 0.750. The van der Waals surface area contributed by atoms with Crippen molar-refractivity contribution >= 4 is 16.7 Å². The summed E-state index contributed by atoms with van der Waals surface area (Å²) in [6.07, 6.45) is 0. The largest absolute Gasteiger partial charge is 0.345 e. The molecule has 0 fully saturated rings. The molecule has 1 aromatic heterocycles. The molecule has 0 bridgehead atoms. The van der Waals surface area contributed by atoms with Crippen LogP contribution in [0.15, 0.2) is 18.2 Å². The van der Waals surface area contributed by atoms with Gasteiger partial charge in [-0.2, -0.15) is 10.2 Å². The van der Waals surface area contributed by atoms with Crippen LogP contribution < -0.4 is 0 Å². The summed E-state index contributed by atoms with van der Waals surface area (Å²) in [4.78, 5) is 13.4. The second kappa shape index (κ2) is 4.13. The molecule has 4 heteroatoms. The van der Waals surface area contributed by atoms with E-state index in [1.165, 1.54) is 0 Å². The van der Waals surface area contributed by atoms with Crippen LogP contribution in [0.25, 0.3) is 10.8 Å². The molecule has 17 heavy (non-hydrogen) atoms. The molecule has 0 spiro atoms. The van der Waals surface area contributed by atoms with Crippen LogP contribution in [0.3, 0.4) is 0 Å². The molecular formula is C13H15N3O. The highest BCUT2D eigenvalue weighted by Crippen LogP contribution is 2.20. The highest BCUT2D eigenvalue weighted by atomic mass is 16.2. The van der Waals surface area contributed by atoms with Crippen LogP contribution in [0.1, 0.15) is 21.7 Å².